The van der Waals surface area contributed by atoms with Crippen molar-refractivity contribution in [2.75, 3.05) is 13.1 Å². The fourth-order valence-electron chi connectivity index (χ4n) is 1.93. The predicted molar refractivity (Wildman–Crippen MR) is 76.1 cm³/mol. The van der Waals surface area contributed by atoms with Crippen LogP contribution in [-0.2, 0) is 9.84 Å². The van der Waals surface area contributed by atoms with Crippen LogP contribution in [0.25, 0.3) is 0 Å². The zero-order valence-electron chi connectivity index (χ0n) is 12.1. The van der Waals surface area contributed by atoms with Crippen molar-refractivity contribution in [2.24, 2.45) is 0 Å². The molecule has 0 atom stereocenters. The van der Waals surface area contributed by atoms with Crippen molar-refractivity contribution < 1.29 is 22.0 Å². The Morgan fingerprint density at radius 3 is 1.95 bits per heavy atom. The largest absolute Gasteiger partial charge is 0.341 e. The molecular weight excluding hydrogens is 300 g/mol. The number of alkyl halides is 2. The van der Waals surface area contributed by atoms with Crippen LogP contribution in [0.1, 0.15) is 37.0 Å². The van der Waals surface area contributed by atoms with E-state index in [1.807, 2.05) is 13.8 Å². The average molecular weight is 319 g/mol. The van der Waals surface area contributed by atoms with Gasteiger partial charge in [-0.3, -0.25) is 4.79 Å². The molecule has 0 aliphatic rings. The van der Waals surface area contributed by atoms with Gasteiger partial charge in [-0.15, -0.1) is 0 Å². The first-order valence-electron chi connectivity index (χ1n) is 6.76. The standard InChI is InChI=1S/C14H19F2NO3S/c1-3-9-17(10-4-2)13(18)11-5-7-12(8-6-11)21(19,20)14(15)16/h5-8,14H,3-4,9-10H2,1-2H3. The second-order valence-corrected chi connectivity index (χ2v) is 6.54. The molecule has 0 radical (unpaired) electrons. The third-order valence-corrected chi connectivity index (χ3v) is 4.34. The van der Waals surface area contributed by atoms with E-state index in [4.69, 9.17) is 0 Å². The number of hydrogen-bond acceptors (Lipinski definition) is 3. The average Bonchev–Trinajstić information content (AvgIpc) is 2.46. The summed E-state index contributed by atoms with van der Waals surface area (Å²) in [7, 11) is -4.62. The third kappa shape index (κ3) is 4.23. The number of benzene rings is 1. The maximum absolute atomic E-state index is 12.4. The summed E-state index contributed by atoms with van der Waals surface area (Å²) in [6, 6.07) is 4.64. The highest BCUT2D eigenvalue weighted by atomic mass is 32.2. The normalized spacial score (nSPS) is 11.7. The molecule has 118 valence electrons. The fourth-order valence-corrected chi connectivity index (χ4v) is 2.65. The first-order valence-corrected chi connectivity index (χ1v) is 8.30. The van der Waals surface area contributed by atoms with Crippen LogP contribution in [0.5, 0.6) is 0 Å². The number of sulfone groups is 1. The quantitative estimate of drug-likeness (QED) is 0.776. The van der Waals surface area contributed by atoms with E-state index in [1.165, 1.54) is 12.1 Å². The van der Waals surface area contributed by atoms with Gasteiger partial charge in [0.1, 0.15) is 0 Å². The van der Waals surface area contributed by atoms with Crippen LogP contribution in [0.15, 0.2) is 29.2 Å². The topological polar surface area (TPSA) is 54.5 Å². The van der Waals surface area contributed by atoms with E-state index >= 15 is 0 Å². The van der Waals surface area contributed by atoms with Gasteiger partial charge in [-0.1, -0.05) is 13.8 Å². The lowest BCUT2D eigenvalue weighted by molar-refractivity contribution is 0.0755. The predicted octanol–water partition coefficient (Wildman–Crippen LogP) is 2.95. The van der Waals surface area contributed by atoms with Crippen LogP contribution in [0.2, 0.25) is 0 Å². The molecule has 0 N–H and O–H groups in total. The summed E-state index contributed by atoms with van der Waals surface area (Å²) in [5.74, 6) is -3.68. The molecule has 1 aromatic carbocycles. The monoisotopic (exact) mass is 319 g/mol. The molecular formula is C14H19F2NO3S. The van der Waals surface area contributed by atoms with Crippen LogP contribution >= 0.6 is 0 Å². The Labute approximate surface area is 123 Å². The van der Waals surface area contributed by atoms with E-state index in [9.17, 15) is 22.0 Å². The number of nitrogens with zero attached hydrogens (tertiary/aromatic N) is 1. The summed E-state index contributed by atoms with van der Waals surface area (Å²) in [6.45, 7) is 5.11. The molecule has 1 rings (SSSR count). The van der Waals surface area contributed by atoms with Crippen molar-refractivity contribution in [3.63, 3.8) is 0 Å². The Kier molecular flexibility index (Phi) is 6.26. The highest BCUT2D eigenvalue weighted by Crippen LogP contribution is 2.19. The van der Waals surface area contributed by atoms with Crippen molar-refractivity contribution >= 4 is 15.7 Å². The first kappa shape index (κ1) is 17.6. The number of carbonyl (C=O) groups excluding carboxylic acids is 1. The van der Waals surface area contributed by atoms with Crippen molar-refractivity contribution in [3.8, 4) is 0 Å². The van der Waals surface area contributed by atoms with E-state index in [0.29, 0.717) is 18.7 Å². The fraction of sp³-hybridized carbons (Fsp3) is 0.500. The molecule has 0 saturated heterocycles. The minimum Gasteiger partial charge on any atom is -0.339 e. The van der Waals surface area contributed by atoms with Gasteiger partial charge < -0.3 is 4.90 Å². The summed E-state index contributed by atoms with van der Waals surface area (Å²) in [5, 5.41) is 0. The molecule has 7 heteroatoms. The molecule has 0 spiro atoms. The highest BCUT2D eigenvalue weighted by molar-refractivity contribution is 7.91. The maximum Gasteiger partial charge on any atom is 0.341 e. The van der Waals surface area contributed by atoms with Gasteiger partial charge in [0.25, 0.3) is 5.91 Å². The van der Waals surface area contributed by atoms with Gasteiger partial charge in [-0.05, 0) is 37.1 Å². The van der Waals surface area contributed by atoms with Crippen molar-refractivity contribution in [3.05, 3.63) is 29.8 Å². The molecule has 0 unspecified atom stereocenters. The van der Waals surface area contributed by atoms with Crippen LogP contribution in [-0.4, -0.2) is 38.1 Å². The summed E-state index contributed by atoms with van der Waals surface area (Å²) in [4.78, 5) is 13.4. The van der Waals surface area contributed by atoms with Gasteiger partial charge in [0, 0.05) is 18.7 Å². The summed E-state index contributed by atoms with van der Waals surface area (Å²) in [6.07, 6.45) is 1.62. The smallest absolute Gasteiger partial charge is 0.339 e. The lowest BCUT2D eigenvalue weighted by Crippen LogP contribution is -2.32. The molecule has 0 aliphatic heterocycles. The minimum atomic E-state index is -4.62. The molecule has 0 saturated carbocycles. The number of rotatable bonds is 7. The van der Waals surface area contributed by atoms with Gasteiger partial charge in [-0.25, -0.2) is 8.42 Å². The molecule has 0 aromatic heterocycles. The minimum absolute atomic E-state index is 0.223. The van der Waals surface area contributed by atoms with Gasteiger partial charge in [0.05, 0.1) is 4.90 Å². The van der Waals surface area contributed by atoms with Crippen molar-refractivity contribution in [2.45, 2.75) is 37.3 Å². The molecule has 21 heavy (non-hydrogen) atoms. The molecule has 4 nitrogen and oxygen atoms in total. The van der Waals surface area contributed by atoms with Crippen LogP contribution in [0.4, 0.5) is 8.78 Å². The molecule has 0 heterocycles. The van der Waals surface area contributed by atoms with E-state index in [0.717, 1.165) is 25.0 Å². The summed E-state index contributed by atoms with van der Waals surface area (Å²) >= 11 is 0. The maximum atomic E-state index is 12.4. The Balaban J connectivity index is 2.99. The Bertz CT molecular complexity index is 564. The van der Waals surface area contributed by atoms with E-state index in [1.54, 1.807) is 4.90 Å². The lowest BCUT2D eigenvalue weighted by Gasteiger charge is -2.21. The van der Waals surface area contributed by atoms with Gasteiger partial charge >= 0.3 is 5.76 Å². The van der Waals surface area contributed by atoms with Gasteiger partial charge in [0.2, 0.25) is 9.84 Å². The van der Waals surface area contributed by atoms with Crippen molar-refractivity contribution in [1.29, 1.82) is 0 Å². The second kappa shape index (κ2) is 7.49. The second-order valence-electron chi connectivity index (χ2n) is 4.62. The lowest BCUT2D eigenvalue weighted by atomic mass is 10.2. The molecule has 1 amide bonds. The highest BCUT2D eigenvalue weighted by Gasteiger charge is 2.26. The number of hydrogen-bond donors (Lipinski definition) is 0. The number of halogens is 2. The Morgan fingerprint density at radius 2 is 1.57 bits per heavy atom. The first-order chi connectivity index (χ1) is 9.84. The number of amides is 1. The Hall–Kier alpha value is -1.50. The zero-order chi connectivity index (χ0) is 16.0. The SMILES string of the molecule is CCCN(CCC)C(=O)c1ccc(S(=O)(=O)C(F)F)cc1. The number of carbonyl (C=O) groups is 1. The third-order valence-electron chi connectivity index (χ3n) is 2.94. The van der Waals surface area contributed by atoms with Crippen LogP contribution in [0.3, 0.4) is 0 Å². The molecule has 0 fully saturated rings. The zero-order valence-corrected chi connectivity index (χ0v) is 12.9. The van der Waals surface area contributed by atoms with Crippen LogP contribution in [0, 0.1) is 0 Å². The molecule has 1 aromatic rings. The molecule has 0 bridgehead atoms. The Morgan fingerprint density at radius 1 is 1.10 bits per heavy atom. The van der Waals surface area contributed by atoms with E-state index < -0.39 is 20.5 Å². The van der Waals surface area contributed by atoms with Gasteiger partial charge in [-0.2, -0.15) is 8.78 Å². The van der Waals surface area contributed by atoms with Gasteiger partial charge in [0.15, 0.2) is 0 Å². The van der Waals surface area contributed by atoms with Crippen LogP contribution < -0.4 is 0 Å². The summed E-state index contributed by atoms with van der Waals surface area (Å²) < 4.78 is 47.5. The van der Waals surface area contributed by atoms with Crippen molar-refractivity contribution in [1.82, 2.24) is 4.90 Å². The molecule has 0 aliphatic carbocycles. The van der Waals surface area contributed by atoms with E-state index in [2.05, 4.69) is 0 Å². The van der Waals surface area contributed by atoms with E-state index in [-0.39, 0.29) is 5.91 Å². The summed E-state index contributed by atoms with van der Waals surface area (Å²) in [5.41, 5.74) is 0.296.